The van der Waals surface area contributed by atoms with Gasteiger partial charge >= 0.3 is 0 Å². The number of unbranched alkanes of at least 4 members (excludes halogenated alkanes) is 1. The van der Waals surface area contributed by atoms with E-state index in [1.807, 2.05) is 66.7 Å². The van der Waals surface area contributed by atoms with Crippen molar-refractivity contribution in [1.29, 1.82) is 0 Å². The minimum Gasteiger partial charge on any atom is -0.497 e. The molecule has 0 bridgehead atoms. The topological polar surface area (TPSA) is 109 Å². The monoisotopic (exact) mass is 490 g/mol. The van der Waals surface area contributed by atoms with Gasteiger partial charge in [0.2, 0.25) is 0 Å². The lowest BCUT2D eigenvalue weighted by molar-refractivity contribution is 0.0465. The second-order valence-electron chi connectivity index (χ2n) is 9.44. The lowest BCUT2D eigenvalue weighted by atomic mass is 9.73. The van der Waals surface area contributed by atoms with E-state index >= 15 is 0 Å². The summed E-state index contributed by atoms with van der Waals surface area (Å²) in [5.74, 6) is 1.90. The Labute approximate surface area is 211 Å². The summed E-state index contributed by atoms with van der Waals surface area (Å²) in [6.45, 7) is 1.18. The molecule has 1 unspecified atom stereocenters. The van der Waals surface area contributed by atoms with Crippen LogP contribution < -0.4 is 30.4 Å². The second-order valence-corrected chi connectivity index (χ2v) is 9.44. The molecule has 1 fully saturated rings. The molecular formula is C29H34N2O5. The molecule has 1 aliphatic heterocycles. The first-order valence-corrected chi connectivity index (χ1v) is 12.4. The average molecular weight is 491 g/mol. The third-order valence-corrected chi connectivity index (χ3v) is 7.50. The molecule has 5 N–H and O–H groups in total. The van der Waals surface area contributed by atoms with Crippen molar-refractivity contribution in [2.75, 3.05) is 27.4 Å². The zero-order valence-electron chi connectivity index (χ0n) is 20.7. The maximum absolute atomic E-state index is 11.6. The lowest BCUT2D eigenvalue weighted by Crippen LogP contribution is -2.41. The van der Waals surface area contributed by atoms with Gasteiger partial charge in [0.1, 0.15) is 23.0 Å². The molecule has 1 heterocycles. The Bertz CT molecular complexity index is 1190. The summed E-state index contributed by atoms with van der Waals surface area (Å²) in [6.07, 6.45) is 0.895. The molecule has 5 rings (SSSR count). The van der Waals surface area contributed by atoms with Crippen molar-refractivity contribution < 1.29 is 24.1 Å². The van der Waals surface area contributed by atoms with E-state index in [-0.39, 0.29) is 5.92 Å². The Balaban J connectivity index is 1.66. The predicted octanol–water partition coefficient (Wildman–Crippen LogP) is 3.68. The molecule has 1 saturated carbocycles. The van der Waals surface area contributed by atoms with Gasteiger partial charge in [0.25, 0.3) is 0 Å². The number of benzene rings is 3. The molecule has 2 aliphatic rings. The molecular weight excluding hydrogens is 456 g/mol. The highest BCUT2D eigenvalue weighted by molar-refractivity contribution is 5.61. The standard InChI is InChI=1S/C29H34N2O5/c1-33-20-12-10-19(11-13-20)29-25(18-8-4-3-5-9-18)27(31)28(32)26(29)24-22(34-2)16-21(17-23(24)36-29)35-15-7-6-14-30/h3-5,8-13,16-17,25-28,32H,6-7,14-15,30-31H2,1-2H3/t25-,26?,27-,28+,29+/m1/s1. The van der Waals surface area contributed by atoms with E-state index in [0.717, 1.165) is 35.3 Å². The van der Waals surface area contributed by atoms with Crippen LogP contribution in [0.1, 0.15) is 41.4 Å². The number of methoxy groups -OCH3 is 2. The zero-order chi connectivity index (χ0) is 25.3. The van der Waals surface area contributed by atoms with E-state index in [2.05, 4.69) is 0 Å². The molecule has 0 saturated heterocycles. The maximum Gasteiger partial charge on any atom is 0.152 e. The number of fused-ring (bicyclic) bond motifs is 3. The number of ether oxygens (including phenoxy) is 4. The van der Waals surface area contributed by atoms with Crippen molar-refractivity contribution in [3.8, 4) is 23.0 Å². The van der Waals surface area contributed by atoms with Crippen LogP contribution in [-0.4, -0.2) is 44.6 Å². The third-order valence-electron chi connectivity index (χ3n) is 7.50. The van der Waals surface area contributed by atoms with E-state index < -0.39 is 23.7 Å². The minimum absolute atomic E-state index is 0.307. The highest BCUT2D eigenvalue weighted by Crippen LogP contribution is 2.66. The molecule has 3 aromatic rings. The van der Waals surface area contributed by atoms with E-state index in [0.29, 0.717) is 30.4 Å². The highest BCUT2D eigenvalue weighted by Gasteiger charge is 2.67. The van der Waals surface area contributed by atoms with Gasteiger partial charge in [-0.1, -0.05) is 42.5 Å². The quantitative estimate of drug-likeness (QED) is 0.393. The molecule has 5 atom stereocenters. The van der Waals surface area contributed by atoms with Crippen LogP contribution in [0.5, 0.6) is 23.0 Å². The maximum atomic E-state index is 11.6. The van der Waals surface area contributed by atoms with E-state index in [9.17, 15) is 5.11 Å². The van der Waals surface area contributed by atoms with Crippen molar-refractivity contribution in [3.05, 3.63) is 83.4 Å². The molecule has 3 aromatic carbocycles. The summed E-state index contributed by atoms with van der Waals surface area (Å²) < 4.78 is 24.2. The van der Waals surface area contributed by atoms with Crippen LogP contribution >= 0.6 is 0 Å². The molecule has 7 heteroatoms. The van der Waals surface area contributed by atoms with Gasteiger partial charge in [-0.05, 0) is 42.6 Å². The first-order chi connectivity index (χ1) is 17.5. The zero-order valence-corrected chi connectivity index (χ0v) is 20.7. The van der Waals surface area contributed by atoms with Crippen LogP contribution in [0.2, 0.25) is 0 Å². The van der Waals surface area contributed by atoms with Gasteiger partial charge in [-0.2, -0.15) is 0 Å². The largest absolute Gasteiger partial charge is 0.497 e. The van der Waals surface area contributed by atoms with Gasteiger partial charge in [0.05, 0.1) is 32.8 Å². The fourth-order valence-corrected chi connectivity index (χ4v) is 5.90. The van der Waals surface area contributed by atoms with Crippen LogP contribution in [0.25, 0.3) is 0 Å². The first-order valence-electron chi connectivity index (χ1n) is 12.4. The van der Waals surface area contributed by atoms with Crippen molar-refractivity contribution in [2.45, 2.75) is 42.4 Å². The summed E-state index contributed by atoms with van der Waals surface area (Å²) in [5.41, 5.74) is 14.2. The normalized spacial score (nSPS) is 26.1. The summed E-state index contributed by atoms with van der Waals surface area (Å²) in [7, 11) is 3.26. The van der Waals surface area contributed by atoms with E-state index in [1.54, 1.807) is 14.2 Å². The van der Waals surface area contributed by atoms with Crippen LogP contribution in [0.15, 0.2) is 66.7 Å². The third kappa shape index (κ3) is 3.88. The van der Waals surface area contributed by atoms with E-state index in [4.69, 9.17) is 30.4 Å². The Morgan fingerprint density at radius 3 is 2.33 bits per heavy atom. The molecule has 1 aliphatic carbocycles. The molecule has 0 amide bonds. The van der Waals surface area contributed by atoms with Crippen LogP contribution in [0.4, 0.5) is 0 Å². The summed E-state index contributed by atoms with van der Waals surface area (Å²) >= 11 is 0. The van der Waals surface area contributed by atoms with Crippen LogP contribution in [0, 0.1) is 0 Å². The summed E-state index contributed by atoms with van der Waals surface area (Å²) in [6, 6.07) is 21.0. The average Bonchev–Trinajstić information content (AvgIpc) is 3.36. The predicted molar refractivity (Wildman–Crippen MR) is 138 cm³/mol. The molecule has 7 nitrogen and oxygen atoms in total. The number of nitrogens with two attached hydrogens (primary N) is 2. The number of rotatable bonds is 9. The Morgan fingerprint density at radius 1 is 0.917 bits per heavy atom. The fraction of sp³-hybridized carbons (Fsp3) is 0.379. The Kier molecular flexibility index (Phi) is 6.79. The summed E-state index contributed by atoms with van der Waals surface area (Å²) in [4.78, 5) is 0. The second kappa shape index (κ2) is 10.0. The molecule has 190 valence electrons. The highest BCUT2D eigenvalue weighted by atomic mass is 16.5. The van der Waals surface area contributed by atoms with Gasteiger partial charge in [-0.3, -0.25) is 0 Å². The van der Waals surface area contributed by atoms with Crippen molar-refractivity contribution in [3.63, 3.8) is 0 Å². The van der Waals surface area contributed by atoms with Gasteiger partial charge in [-0.25, -0.2) is 0 Å². The Morgan fingerprint density at radius 2 is 1.67 bits per heavy atom. The van der Waals surface area contributed by atoms with Crippen LogP contribution in [0.3, 0.4) is 0 Å². The van der Waals surface area contributed by atoms with Crippen LogP contribution in [-0.2, 0) is 5.60 Å². The van der Waals surface area contributed by atoms with E-state index in [1.165, 1.54) is 0 Å². The number of hydrogen-bond acceptors (Lipinski definition) is 7. The molecule has 0 spiro atoms. The number of aliphatic hydroxyl groups is 1. The summed E-state index contributed by atoms with van der Waals surface area (Å²) in [5, 5.41) is 11.6. The van der Waals surface area contributed by atoms with Crippen molar-refractivity contribution >= 4 is 0 Å². The number of hydrogen-bond donors (Lipinski definition) is 3. The molecule has 36 heavy (non-hydrogen) atoms. The first kappa shape index (κ1) is 24.4. The van der Waals surface area contributed by atoms with Crippen molar-refractivity contribution in [2.24, 2.45) is 11.5 Å². The van der Waals surface area contributed by atoms with Gasteiger partial charge < -0.3 is 35.5 Å². The van der Waals surface area contributed by atoms with Gasteiger partial charge in [0, 0.05) is 29.7 Å². The van der Waals surface area contributed by atoms with Gasteiger partial charge in [0.15, 0.2) is 5.60 Å². The smallest absolute Gasteiger partial charge is 0.152 e. The van der Waals surface area contributed by atoms with Gasteiger partial charge in [-0.15, -0.1) is 0 Å². The Hall–Kier alpha value is -3.26. The minimum atomic E-state index is -0.944. The SMILES string of the molecule is COc1ccc([C@@]23Oc4cc(OCCCCN)cc(OC)c4C2[C@H](O)[C@H](N)[C@H]3c2ccccc2)cc1. The van der Waals surface area contributed by atoms with Crippen molar-refractivity contribution in [1.82, 2.24) is 0 Å². The fourth-order valence-electron chi connectivity index (χ4n) is 5.90. The molecule has 0 radical (unpaired) electrons. The lowest BCUT2D eigenvalue weighted by Gasteiger charge is -2.37. The number of aliphatic hydroxyl groups excluding tert-OH is 1. The molecule has 0 aromatic heterocycles.